The Labute approximate surface area is 120 Å². The highest BCUT2D eigenvalue weighted by molar-refractivity contribution is 5.84. The van der Waals surface area contributed by atoms with E-state index < -0.39 is 6.09 Å². The molecule has 1 amide bonds. The lowest BCUT2D eigenvalue weighted by Gasteiger charge is -2.33. The maximum Gasteiger partial charge on any atom is 0.411 e. The van der Waals surface area contributed by atoms with E-state index in [1.54, 1.807) is 0 Å². The molecule has 2 N–H and O–H groups in total. The predicted molar refractivity (Wildman–Crippen MR) is 82.1 cm³/mol. The van der Waals surface area contributed by atoms with Gasteiger partial charge < -0.3 is 10.1 Å². The van der Waals surface area contributed by atoms with Gasteiger partial charge in [0.15, 0.2) is 0 Å². The van der Waals surface area contributed by atoms with Crippen LogP contribution in [-0.4, -0.2) is 19.2 Å². The summed E-state index contributed by atoms with van der Waals surface area (Å²) in [5.74, 6) is 1.61. The van der Waals surface area contributed by atoms with Crippen molar-refractivity contribution in [2.75, 3.05) is 17.7 Å². The number of carbonyl (C=O) groups is 1. The minimum Gasteiger partial charge on any atom is -0.453 e. The van der Waals surface area contributed by atoms with Gasteiger partial charge in [-0.1, -0.05) is 13.8 Å². The molecule has 0 aromatic heterocycles. The Kier molecular flexibility index (Phi) is 4.88. The van der Waals surface area contributed by atoms with Gasteiger partial charge in [-0.15, -0.1) is 0 Å². The van der Waals surface area contributed by atoms with Gasteiger partial charge in [-0.3, -0.25) is 5.32 Å². The summed E-state index contributed by atoms with van der Waals surface area (Å²) >= 11 is 0. The number of carbonyl (C=O) groups excluding carboxylic acids is 1. The van der Waals surface area contributed by atoms with Crippen LogP contribution < -0.4 is 10.6 Å². The Bertz CT molecular complexity index is 444. The highest BCUT2D eigenvalue weighted by Gasteiger charge is 2.24. The standard InChI is InChI=1S/C16H24N2O2/c1-11-4-5-15(10-12(11)2)17-13-6-8-14(9-7-13)18-16(19)20-3/h6-9,11-12,15,17H,4-5,10H2,1-3H3,(H,18,19). The molecular formula is C16H24N2O2. The van der Waals surface area contributed by atoms with Crippen LogP contribution in [-0.2, 0) is 4.74 Å². The van der Waals surface area contributed by atoms with Crippen LogP contribution in [0, 0.1) is 11.8 Å². The van der Waals surface area contributed by atoms with Crippen molar-refractivity contribution in [1.82, 2.24) is 0 Å². The number of benzene rings is 1. The highest BCUT2D eigenvalue weighted by Crippen LogP contribution is 2.31. The van der Waals surface area contributed by atoms with Crippen molar-refractivity contribution in [2.24, 2.45) is 11.8 Å². The van der Waals surface area contributed by atoms with Crippen molar-refractivity contribution in [1.29, 1.82) is 0 Å². The Morgan fingerprint density at radius 1 is 1.10 bits per heavy atom. The molecule has 0 radical (unpaired) electrons. The third-order valence-corrected chi connectivity index (χ3v) is 4.29. The summed E-state index contributed by atoms with van der Waals surface area (Å²) in [5.41, 5.74) is 1.85. The first-order chi connectivity index (χ1) is 9.58. The zero-order valence-electron chi connectivity index (χ0n) is 12.5. The van der Waals surface area contributed by atoms with Gasteiger partial charge in [0.05, 0.1) is 7.11 Å². The molecule has 0 saturated heterocycles. The number of amides is 1. The lowest BCUT2D eigenvalue weighted by molar-refractivity contribution is 0.187. The van der Waals surface area contributed by atoms with E-state index in [1.807, 2.05) is 24.3 Å². The van der Waals surface area contributed by atoms with E-state index in [0.29, 0.717) is 6.04 Å². The van der Waals surface area contributed by atoms with Crippen molar-refractivity contribution < 1.29 is 9.53 Å². The first-order valence-electron chi connectivity index (χ1n) is 7.30. The first-order valence-corrected chi connectivity index (χ1v) is 7.30. The van der Waals surface area contributed by atoms with Crippen molar-refractivity contribution in [3.05, 3.63) is 24.3 Å². The first kappa shape index (κ1) is 14.7. The summed E-state index contributed by atoms with van der Waals surface area (Å²) in [6.07, 6.45) is 3.30. The maximum absolute atomic E-state index is 11.1. The third-order valence-electron chi connectivity index (χ3n) is 4.29. The van der Waals surface area contributed by atoms with Gasteiger partial charge in [-0.2, -0.15) is 0 Å². The molecule has 2 rings (SSSR count). The van der Waals surface area contributed by atoms with Crippen molar-refractivity contribution >= 4 is 17.5 Å². The van der Waals surface area contributed by atoms with Crippen LogP contribution in [0.2, 0.25) is 0 Å². The molecule has 4 nitrogen and oxygen atoms in total. The molecule has 3 atom stereocenters. The zero-order chi connectivity index (χ0) is 14.5. The normalized spacial score (nSPS) is 25.9. The second-order valence-electron chi connectivity index (χ2n) is 5.80. The maximum atomic E-state index is 11.1. The number of ether oxygens (including phenoxy) is 1. The van der Waals surface area contributed by atoms with E-state index >= 15 is 0 Å². The smallest absolute Gasteiger partial charge is 0.411 e. The van der Waals surface area contributed by atoms with Gasteiger partial charge in [0, 0.05) is 17.4 Å². The number of anilines is 2. The lowest BCUT2D eigenvalue weighted by Crippen LogP contribution is -2.30. The van der Waals surface area contributed by atoms with Gasteiger partial charge in [-0.25, -0.2) is 4.79 Å². The Balaban J connectivity index is 1.89. The molecule has 1 aromatic carbocycles. The highest BCUT2D eigenvalue weighted by atomic mass is 16.5. The number of methoxy groups -OCH3 is 1. The van der Waals surface area contributed by atoms with Gasteiger partial charge in [0.25, 0.3) is 0 Å². The third kappa shape index (κ3) is 3.89. The van der Waals surface area contributed by atoms with E-state index in [1.165, 1.54) is 26.4 Å². The summed E-state index contributed by atoms with van der Waals surface area (Å²) in [6, 6.07) is 8.31. The second kappa shape index (κ2) is 6.64. The van der Waals surface area contributed by atoms with Gasteiger partial charge in [0.1, 0.15) is 0 Å². The van der Waals surface area contributed by atoms with Crippen LogP contribution in [0.3, 0.4) is 0 Å². The van der Waals surface area contributed by atoms with E-state index in [-0.39, 0.29) is 0 Å². The number of hydrogen-bond donors (Lipinski definition) is 2. The molecule has 1 aromatic rings. The monoisotopic (exact) mass is 276 g/mol. The molecule has 1 aliphatic carbocycles. The van der Waals surface area contributed by atoms with E-state index in [2.05, 4.69) is 29.2 Å². The molecule has 0 aliphatic heterocycles. The van der Waals surface area contributed by atoms with Gasteiger partial charge >= 0.3 is 6.09 Å². The lowest BCUT2D eigenvalue weighted by atomic mass is 9.79. The Hall–Kier alpha value is -1.71. The molecular weight excluding hydrogens is 252 g/mol. The quantitative estimate of drug-likeness (QED) is 0.873. The Morgan fingerprint density at radius 2 is 1.75 bits per heavy atom. The number of rotatable bonds is 3. The van der Waals surface area contributed by atoms with Crippen LogP contribution in [0.4, 0.5) is 16.2 Å². The van der Waals surface area contributed by atoms with Crippen molar-refractivity contribution in [3.63, 3.8) is 0 Å². The van der Waals surface area contributed by atoms with Gasteiger partial charge in [0.2, 0.25) is 0 Å². The molecule has 110 valence electrons. The SMILES string of the molecule is COC(=O)Nc1ccc(NC2CCC(C)C(C)C2)cc1. The summed E-state index contributed by atoms with van der Waals surface area (Å²) in [6.45, 7) is 4.68. The molecule has 0 bridgehead atoms. The molecule has 20 heavy (non-hydrogen) atoms. The largest absolute Gasteiger partial charge is 0.453 e. The average molecular weight is 276 g/mol. The molecule has 3 unspecified atom stereocenters. The topological polar surface area (TPSA) is 50.4 Å². The summed E-state index contributed by atoms with van der Waals surface area (Å²) in [4.78, 5) is 11.1. The van der Waals surface area contributed by atoms with Crippen LogP contribution in [0.5, 0.6) is 0 Å². The summed E-state index contributed by atoms with van der Waals surface area (Å²) in [7, 11) is 1.36. The van der Waals surface area contributed by atoms with Gasteiger partial charge in [-0.05, 0) is 55.4 Å². The van der Waals surface area contributed by atoms with E-state index in [4.69, 9.17) is 0 Å². The number of hydrogen-bond acceptors (Lipinski definition) is 3. The Morgan fingerprint density at radius 3 is 2.35 bits per heavy atom. The summed E-state index contributed by atoms with van der Waals surface area (Å²) < 4.78 is 4.56. The number of nitrogens with one attached hydrogen (secondary N) is 2. The van der Waals surface area contributed by atoms with Crippen LogP contribution in [0.25, 0.3) is 0 Å². The van der Waals surface area contributed by atoms with Crippen molar-refractivity contribution in [2.45, 2.75) is 39.2 Å². The fourth-order valence-electron chi connectivity index (χ4n) is 2.73. The fraction of sp³-hybridized carbons (Fsp3) is 0.562. The predicted octanol–water partition coefficient (Wildman–Crippen LogP) is 4.10. The molecule has 0 spiro atoms. The molecule has 1 saturated carbocycles. The van der Waals surface area contributed by atoms with Crippen LogP contribution in [0.15, 0.2) is 24.3 Å². The molecule has 1 aliphatic rings. The summed E-state index contributed by atoms with van der Waals surface area (Å²) in [5, 5.41) is 6.23. The molecule has 1 fully saturated rings. The average Bonchev–Trinajstić information content (AvgIpc) is 2.45. The van der Waals surface area contributed by atoms with E-state index in [0.717, 1.165) is 23.2 Å². The second-order valence-corrected chi connectivity index (χ2v) is 5.80. The zero-order valence-corrected chi connectivity index (χ0v) is 12.5. The molecule has 0 heterocycles. The van der Waals surface area contributed by atoms with Crippen LogP contribution in [0.1, 0.15) is 33.1 Å². The molecule has 4 heteroatoms. The van der Waals surface area contributed by atoms with Crippen molar-refractivity contribution in [3.8, 4) is 0 Å². The minimum absolute atomic E-state index is 0.444. The minimum atomic E-state index is -0.444. The van der Waals surface area contributed by atoms with Crippen LogP contribution >= 0.6 is 0 Å². The fourth-order valence-corrected chi connectivity index (χ4v) is 2.73. The van der Waals surface area contributed by atoms with E-state index in [9.17, 15) is 4.79 Å².